The molecule has 1 N–H and O–H groups in total. The van der Waals surface area contributed by atoms with Crippen LogP contribution in [0.3, 0.4) is 0 Å². The van der Waals surface area contributed by atoms with Gasteiger partial charge in [0.2, 0.25) is 21.8 Å². The van der Waals surface area contributed by atoms with E-state index >= 15 is 0 Å². The first kappa shape index (κ1) is 30.4. The number of anilines is 1. The monoisotopic (exact) mass is 613 g/mol. The van der Waals surface area contributed by atoms with Crippen molar-refractivity contribution in [2.24, 2.45) is 0 Å². The molecule has 0 aliphatic rings. The van der Waals surface area contributed by atoms with Crippen molar-refractivity contribution in [3.05, 3.63) is 100 Å². The molecule has 3 rings (SSSR count). The van der Waals surface area contributed by atoms with E-state index in [0.29, 0.717) is 10.2 Å². The summed E-state index contributed by atoms with van der Waals surface area (Å²) in [5, 5.41) is 3.03. The first-order valence-electron chi connectivity index (χ1n) is 12.7. The second-order valence-corrected chi connectivity index (χ2v) is 13.4. The van der Waals surface area contributed by atoms with Crippen molar-refractivity contribution in [3.63, 3.8) is 0 Å². The van der Waals surface area contributed by atoms with Gasteiger partial charge in [-0.3, -0.25) is 13.9 Å². The fourth-order valence-corrected chi connectivity index (χ4v) is 5.70. The lowest BCUT2D eigenvalue weighted by Gasteiger charge is -2.35. The Bertz CT molecular complexity index is 1400. The van der Waals surface area contributed by atoms with Gasteiger partial charge in [0.25, 0.3) is 0 Å². The number of hydrogen-bond acceptors (Lipinski definition) is 4. The Labute approximate surface area is 240 Å². The Morgan fingerprint density at radius 1 is 0.923 bits per heavy atom. The Kier molecular flexibility index (Phi) is 9.96. The largest absolute Gasteiger partial charge is 0.350 e. The summed E-state index contributed by atoms with van der Waals surface area (Å²) in [7, 11) is -3.83. The topological polar surface area (TPSA) is 86.8 Å². The van der Waals surface area contributed by atoms with Gasteiger partial charge >= 0.3 is 0 Å². The third-order valence-corrected chi connectivity index (χ3v) is 7.97. The van der Waals surface area contributed by atoms with Crippen LogP contribution in [0.4, 0.5) is 5.69 Å². The van der Waals surface area contributed by atoms with Crippen molar-refractivity contribution in [1.29, 1.82) is 0 Å². The lowest BCUT2D eigenvalue weighted by molar-refractivity contribution is -0.140. The van der Waals surface area contributed by atoms with E-state index in [1.54, 1.807) is 24.3 Å². The zero-order valence-electron chi connectivity index (χ0n) is 23.0. The smallest absolute Gasteiger partial charge is 0.244 e. The average Bonchev–Trinajstić information content (AvgIpc) is 2.85. The number of halogens is 1. The molecule has 3 aromatic carbocycles. The van der Waals surface area contributed by atoms with Gasteiger partial charge in [-0.05, 0) is 72.4 Å². The highest BCUT2D eigenvalue weighted by atomic mass is 79.9. The summed E-state index contributed by atoms with van der Waals surface area (Å²) in [5.74, 6) is -0.787. The van der Waals surface area contributed by atoms with Gasteiger partial charge in [-0.1, -0.05) is 66.7 Å². The van der Waals surface area contributed by atoms with Crippen molar-refractivity contribution >= 4 is 43.5 Å². The summed E-state index contributed by atoms with van der Waals surface area (Å²) in [6.07, 6.45) is 1.34. The Balaban J connectivity index is 2.10. The van der Waals surface area contributed by atoms with E-state index in [0.717, 1.165) is 27.3 Å². The minimum Gasteiger partial charge on any atom is -0.350 e. The van der Waals surface area contributed by atoms with Crippen LogP contribution < -0.4 is 9.62 Å². The molecular weight excluding hydrogens is 578 g/mol. The average molecular weight is 615 g/mol. The van der Waals surface area contributed by atoms with Gasteiger partial charge in [-0.25, -0.2) is 8.42 Å². The molecule has 0 saturated heterocycles. The van der Waals surface area contributed by atoms with Gasteiger partial charge in [0.05, 0.1) is 11.9 Å². The van der Waals surface area contributed by atoms with Gasteiger partial charge in [-0.15, -0.1) is 0 Å². The third-order valence-electron chi connectivity index (χ3n) is 6.17. The molecule has 0 radical (unpaired) electrons. The number of rotatable bonds is 10. The van der Waals surface area contributed by atoms with Crippen molar-refractivity contribution in [2.75, 3.05) is 17.1 Å². The number of nitrogens with one attached hydrogen (secondary N) is 1. The van der Waals surface area contributed by atoms with Crippen LogP contribution in [0.15, 0.2) is 83.3 Å². The number of carbonyl (C=O) groups excluding carboxylic acids is 2. The molecule has 1 atom stereocenters. The fourth-order valence-electron chi connectivity index (χ4n) is 4.23. The van der Waals surface area contributed by atoms with E-state index in [1.165, 1.54) is 4.90 Å². The zero-order chi connectivity index (χ0) is 28.8. The van der Waals surface area contributed by atoms with E-state index in [2.05, 4.69) is 21.2 Å². The molecule has 0 spiro atoms. The molecule has 0 aliphatic heterocycles. The lowest BCUT2D eigenvalue weighted by Crippen LogP contribution is -2.56. The van der Waals surface area contributed by atoms with E-state index in [-0.39, 0.29) is 18.9 Å². The van der Waals surface area contributed by atoms with Crippen molar-refractivity contribution < 1.29 is 18.0 Å². The molecule has 2 amide bonds. The molecule has 0 heterocycles. The van der Waals surface area contributed by atoms with Crippen LogP contribution in [0.25, 0.3) is 0 Å². The SMILES string of the molecule is Cc1ccccc1CN(C(=O)CN(c1ccccc1Br)S(C)(=O)=O)C(Cc1ccccc1)C(=O)NC(C)(C)C. The second-order valence-electron chi connectivity index (χ2n) is 10.6. The normalized spacial score (nSPS) is 12.5. The predicted octanol–water partition coefficient (Wildman–Crippen LogP) is 5.08. The van der Waals surface area contributed by atoms with Crippen LogP contribution in [0.1, 0.15) is 37.5 Å². The molecule has 9 heteroatoms. The van der Waals surface area contributed by atoms with Crippen LogP contribution in [0.5, 0.6) is 0 Å². The minimum atomic E-state index is -3.83. The molecule has 0 saturated carbocycles. The number of nitrogens with zero attached hydrogens (tertiary/aromatic N) is 2. The lowest BCUT2D eigenvalue weighted by atomic mass is 10.00. The summed E-state index contributed by atoms with van der Waals surface area (Å²) < 4.78 is 27.4. The number of aryl methyl sites for hydroxylation is 1. The van der Waals surface area contributed by atoms with E-state index < -0.39 is 34.1 Å². The van der Waals surface area contributed by atoms with Gasteiger partial charge in [0.15, 0.2) is 0 Å². The summed E-state index contributed by atoms with van der Waals surface area (Å²) in [6, 6.07) is 23.1. The van der Waals surface area contributed by atoms with E-state index in [4.69, 9.17) is 0 Å². The van der Waals surface area contributed by atoms with Crippen LogP contribution in [-0.2, 0) is 32.6 Å². The number of para-hydroxylation sites is 1. The Morgan fingerprint density at radius 3 is 2.10 bits per heavy atom. The number of carbonyl (C=O) groups is 2. The molecule has 0 bridgehead atoms. The molecule has 208 valence electrons. The van der Waals surface area contributed by atoms with Gasteiger partial charge in [-0.2, -0.15) is 0 Å². The fraction of sp³-hybridized carbons (Fsp3) is 0.333. The highest BCUT2D eigenvalue weighted by molar-refractivity contribution is 9.10. The van der Waals surface area contributed by atoms with Crippen molar-refractivity contribution in [2.45, 2.75) is 52.2 Å². The maximum atomic E-state index is 14.1. The van der Waals surface area contributed by atoms with Crippen molar-refractivity contribution in [1.82, 2.24) is 10.2 Å². The molecule has 0 fully saturated rings. The number of hydrogen-bond donors (Lipinski definition) is 1. The van der Waals surface area contributed by atoms with Gasteiger partial charge < -0.3 is 10.2 Å². The quantitative estimate of drug-likeness (QED) is 0.345. The number of sulfonamides is 1. The van der Waals surface area contributed by atoms with Crippen molar-refractivity contribution in [3.8, 4) is 0 Å². The molecule has 0 aliphatic carbocycles. The Morgan fingerprint density at radius 2 is 1.51 bits per heavy atom. The number of amides is 2. The molecule has 3 aromatic rings. The molecule has 39 heavy (non-hydrogen) atoms. The molecule has 0 aromatic heterocycles. The standard InChI is InChI=1S/C30H36BrN3O4S/c1-22-13-9-10-16-24(22)20-33(27(29(36)32-30(2,3)4)19-23-14-7-6-8-15-23)28(35)21-34(39(5,37)38)26-18-12-11-17-25(26)31/h6-18,27H,19-21H2,1-5H3,(H,32,36). The van der Waals surface area contributed by atoms with Gasteiger partial charge in [0, 0.05) is 23.0 Å². The van der Waals surface area contributed by atoms with Crippen LogP contribution >= 0.6 is 15.9 Å². The van der Waals surface area contributed by atoms with Crippen LogP contribution in [0, 0.1) is 6.92 Å². The van der Waals surface area contributed by atoms with Gasteiger partial charge in [0.1, 0.15) is 12.6 Å². The molecular formula is C30H36BrN3O4S. The van der Waals surface area contributed by atoms with E-state index in [9.17, 15) is 18.0 Å². The Hall–Kier alpha value is -3.17. The van der Waals surface area contributed by atoms with Crippen LogP contribution in [-0.4, -0.2) is 49.5 Å². The molecule has 1 unspecified atom stereocenters. The highest BCUT2D eigenvalue weighted by Crippen LogP contribution is 2.28. The summed E-state index contributed by atoms with van der Waals surface area (Å²) in [6.45, 7) is 7.29. The second kappa shape index (κ2) is 12.8. The predicted molar refractivity (Wildman–Crippen MR) is 160 cm³/mol. The summed E-state index contributed by atoms with van der Waals surface area (Å²) in [5.41, 5.74) is 2.55. The highest BCUT2D eigenvalue weighted by Gasteiger charge is 2.34. The summed E-state index contributed by atoms with van der Waals surface area (Å²) >= 11 is 3.41. The first-order chi connectivity index (χ1) is 18.3. The number of benzene rings is 3. The first-order valence-corrected chi connectivity index (χ1v) is 15.3. The maximum absolute atomic E-state index is 14.1. The molecule has 7 nitrogen and oxygen atoms in total. The maximum Gasteiger partial charge on any atom is 0.244 e. The minimum absolute atomic E-state index is 0.147. The van der Waals surface area contributed by atoms with E-state index in [1.807, 2.05) is 82.3 Å². The zero-order valence-corrected chi connectivity index (χ0v) is 25.4. The van der Waals surface area contributed by atoms with Crippen LogP contribution in [0.2, 0.25) is 0 Å². The third kappa shape index (κ3) is 8.66. The summed E-state index contributed by atoms with van der Waals surface area (Å²) in [4.78, 5) is 29.4.